The molecule has 1 atom stereocenters. The number of piperidine rings is 1. The van der Waals surface area contributed by atoms with Crippen molar-refractivity contribution in [1.82, 2.24) is 9.80 Å². The number of para-hydroxylation sites is 2. The van der Waals surface area contributed by atoms with E-state index in [1.165, 1.54) is 4.90 Å². The van der Waals surface area contributed by atoms with Crippen LogP contribution in [0, 0.1) is 32.1 Å². The summed E-state index contributed by atoms with van der Waals surface area (Å²) in [5, 5.41) is 13.4. The Morgan fingerprint density at radius 2 is 1.46 bits per heavy atom. The number of benzene rings is 4. The van der Waals surface area contributed by atoms with Crippen LogP contribution < -0.4 is 15.1 Å². The molecule has 9 nitrogen and oxygen atoms in total. The summed E-state index contributed by atoms with van der Waals surface area (Å²) < 4.78 is 0. The first-order valence-electron chi connectivity index (χ1n) is 17.4. The molecule has 4 aromatic rings. The van der Waals surface area contributed by atoms with Crippen LogP contribution in [0.25, 0.3) is 0 Å². The minimum Gasteiger partial charge on any atom is -0.382 e. The highest BCUT2D eigenvalue weighted by Crippen LogP contribution is 2.33. The highest BCUT2D eigenvalue weighted by molar-refractivity contribution is 6.21. The van der Waals surface area contributed by atoms with E-state index < -0.39 is 0 Å². The van der Waals surface area contributed by atoms with E-state index in [-0.39, 0.29) is 36.3 Å². The molecule has 4 aromatic carbocycles. The zero-order valence-electron chi connectivity index (χ0n) is 28.9. The molecule has 3 aliphatic rings. The number of anilines is 3. The normalized spacial score (nSPS) is 17.9. The lowest BCUT2D eigenvalue weighted by Crippen LogP contribution is -2.59. The molecule has 2 saturated heterocycles. The molecule has 0 bridgehead atoms. The van der Waals surface area contributed by atoms with Crippen LogP contribution in [0.3, 0.4) is 0 Å². The molecule has 0 spiro atoms. The molecule has 0 unspecified atom stereocenters. The zero-order valence-corrected chi connectivity index (χ0v) is 28.9. The molecule has 2 fully saturated rings. The molecule has 0 aromatic heterocycles. The molecule has 0 saturated carbocycles. The topological polar surface area (TPSA) is 100.0 Å². The van der Waals surface area contributed by atoms with Gasteiger partial charge in [0.05, 0.1) is 35.0 Å². The molecule has 7 rings (SSSR count). The lowest BCUT2D eigenvalue weighted by Gasteiger charge is -2.44. The third-order valence-electron chi connectivity index (χ3n) is 10.5. The van der Waals surface area contributed by atoms with Crippen LogP contribution in [-0.4, -0.2) is 78.9 Å². The minimum atomic E-state index is -0.289. The fourth-order valence-electron chi connectivity index (χ4n) is 7.98. The molecule has 0 radical (unpaired) electrons. The van der Waals surface area contributed by atoms with Crippen LogP contribution >= 0.6 is 0 Å². The second-order valence-electron chi connectivity index (χ2n) is 13.6. The van der Waals surface area contributed by atoms with Crippen LogP contribution in [0.15, 0.2) is 84.9 Å². The van der Waals surface area contributed by atoms with Crippen molar-refractivity contribution >= 4 is 34.8 Å². The van der Waals surface area contributed by atoms with E-state index in [4.69, 9.17) is 0 Å². The number of fused-ring (bicyclic) bond motifs is 1. The van der Waals surface area contributed by atoms with Gasteiger partial charge in [-0.1, -0.05) is 48.5 Å². The van der Waals surface area contributed by atoms with Gasteiger partial charge in [-0.15, -0.1) is 0 Å². The summed E-state index contributed by atoms with van der Waals surface area (Å²) in [4.78, 5) is 49.0. The highest BCUT2D eigenvalue weighted by atomic mass is 16.2. The van der Waals surface area contributed by atoms with Crippen LogP contribution in [-0.2, 0) is 0 Å². The Hall–Kier alpha value is -5.62. The number of hydrogen-bond donors (Lipinski definition) is 1. The van der Waals surface area contributed by atoms with Crippen molar-refractivity contribution in [2.24, 2.45) is 0 Å². The largest absolute Gasteiger partial charge is 0.382 e. The summed E-state index contributed by atoms with van der Waals surface area (Å²) in [7, 11) is 0. The lowest BCUT2D eigenvalue weighted by molar-refractivity contribution is 0.0611. The number of amides is 3. The maximum absolute atomic E-state index is 14.5. The summed E-state index contributed by atoms with van der Waals surface area (Å²) in [6, 6.07) is 29.1. The second kappa shape index (κ2) is 13.7. The number of aryl methyl sites for hydroxylation is 2. The smallest absolute Gasteiger partial charge is 0.261 e. The number of nitriles is 1. The highest BCUT2D eigenvalue weighted by Gasteiger charge is 2.40. The van der Waals surface area contributed by atoms with Gasteiger partial charge in [-0.3, -0.25) is 19.3 Å². The molecular formula is C41H42N6O3. The predicted octanol–water partition coefficient (Wildman–Crippen LogP) is 6.19. The van der Waals surface area contributed by atoms with Crippen molar-refractivity contribution in [2.75, 3.05) is 54.4 Å². The first-order valence-corrected chi connectivity index (χ1v) is 17.4. The Kier molecular flexibility index (Phi) is 9.02. The van der Waals surface area contributed by atoms with Crippen LogP contribution in [0.2, 0.25) is 0 Å². The second-order valence-corrected chi connectivity index (χ2v) is 13.6. The Balaban J connectivity index is 1.10. The zero-order chi connectivity index (χ0) is 34.9. The average molecular weight is 667 g/mol. The van der Waals surface area contributed by atoms with Gasteiger partial charge < -0.3 is 20.0 Å². The molecule has 9 heteroatoms. The van der Waals surface area contributed by atoms with Gasteiger partial charge in [0.15, 0.2) is 0 Å². The minimum absolute atomic E-state index is 0.0361. The van der Waals surface area contributed by atoms with E-state index in [1.807, 2.05) is 73.3 Å². The number of carbonyl (C=O) groups is 3. The molecule has 3 aliphatic heterocycles. The van der Waals surface area contributed by atoms with Crippen molar-refractivity contribution in [3.63, 3.8) is 0 Å². The van der Waals surface area contributed by atoms with Crippen LogP contribution in [0.4, 0.5) is 17.1 Å². The SMILES string of the molecule is Cc1cc(C)c(C(=O)N2CCN(c3ccccc3)[C@H](CN3C(=O)c4ccccc4C3=O)C2)c(C)c1NC1CCN(c2ccccc2C#N)CC1. The molecule has 3 amide bonds. The van der Waals surface area contributed by atoms with E-state index in [0.717, 1.165) is 59.7 Å². The molecule has 0 aliphatic carbocycles. The quantitative estimate of drug-likeness (QED) is 0.235. The van der Waals surface area contributed by atoms with E-state index >= 15 is 0 Å². The maximum atomic E-state index is 14.5. The van der Waals surface area contributed by atoms with Crippen molar-refractivity contribution < 1.29 is 14.4 Å². The Bertz CT molecular complexity index is 1960. The van der Waals surface area contributed by atoms with Crippen molar-refractivity contribution in [3.8, 4) is 6.07 Å². The Morgan fingerprint density at radius 1 is 0.820 bits per heavy atom. The fraction of sp³-hybridized carbons (Fsp3) is 0.317. The third-order valence-corrected chi connectivity index (χ3v) is 10.5. The van der Waals surface area contributed by atoms with Gasteiger partial charge in [-0.05, 0) is 86.7 Å². The van der Waals surface area contributed by atoms with Gasteiger partial charge in [0.1, 0.15) is 6.07 Å². The molecule has 50 heavy (non-hydrogen) atoms. The maximum Gasteiger partial charge on any atom is 0.261 e. The predicted molar refractivity (Wildman–Crippen MR) is 196 cm³/mol. The summed E-state index contributed by atoms with van der Waals surface area (Å²) >= 11 is 0. The lowest BCUT2D eigenvalue weighted by atomic mass is 9.94. The van der Waals surface area contributed by atoms with Gasteiger partial charge in [0, 0.05) is 55.7 Å². The van der Waals surface area contributed by atoms with E-state index in [1.54, 1.807) is 24.3 Å². The molecule has 3 heterocycles. The van der Waals surface area contributed by atoms with Crippen LogP contribution in [0.5, 0.6) is 0 Å². The molecule has 254 valence electrons. The molecule has 1 N–H and O–H groups in total. The summed E-state index contributed by atoms with van der Waals surface area (Å²) in [5.74, 6) is -0.614. The van der Waals surface area contributed by atoms with Crippen molar-refractivity contribution in [1.29, 1.82) is 5.26 Å². The van der Waals surface area contributed by atoms with Crippen molar-refractivity contribution in [2.45, 2.75) is 45.7 Å². The van der Waals surface area contributed by atoms with E-state index in [9.17, 15) is 19.6 Å². The van der Waals surface area contributed by atoms with E-state index in [0.29, 0.717) is 41.9 Å². The van der Waals surface area contributed by atoms with Gasteiger partial charge in [0.25, 0.3) is 17.7 Å². The fourth-order valence-corrected chi connectivity index (χ4v) is 7.98. The Labute approximate surface area is 293 Å². The van der Waals surface area contributed by atoms with Gasteiger partial charge in [0.2, 0.25) is 0 Å². The summed E-state index contributed by atoms with van der Waals surface area (Å²) in [6.07, 6.45) is 1.83. The van der Waals surface area contributed by atoms with Gasteiger partial charge >= 0.3 is 0 Å². The van der Waals surface area contributed by atoms with Gasteiger partial charge in [-0.2, -0.15) is 5.26 Å². The number of rotatable bonds is 7. The monoisotopic (exact) mass is 666 g/mol. The third kappa shape index (κ3) is 6.07. The number of imide groups is 1. The first kappa shape index (κ1) is 32.9. The van der Waals surface area contributed by atoms with Crippen molar-refractivity contribution in [3.05, 3.63) is 124 Å². The van der Waals surface area contributed by atoms with E-state index in [2.05, 4.69) is 34.2 Å². The molecular weight excluding hydrogens is 624 g/mol. The summed E-state index contributed by atoms with van der Waals surface area (Å²) in [5.41, 5.74) is 8.20. The number of nitrogens with zero attached hydrogens (tertiary/aromatic N) is 5. The number of carbonyl (C=O) groups excluding carboxylic acids is 3. The first-order chi connectivity index (χ1) is 24.2. The number of hydrogen-bond acceptors (Lipinski definition) is 7. The van der Waals surface area contributed by atoms with Gasteiger partial charge in [-0.25, -0.2) is 0 Å². The van der Waals surface area contributed by atoms with Crippen LogP contribution in [0.1, 0.15) is 66.2 Å². The average Bonchev–Trinajstić information content (AvgIpc) is 3.38. The standard InChI is InChI=1S/C41H42N6O3/c1-27-23-28(2)38(43-31-17-19-44(20-18-31)36-16-10-7-11-30(36)24-42)29(3)37(27)41(50)45-21-22-46(32-12-5-4-6-13-32)33(25-45)26-47-39(48)34-14-8-9-15-35(34)40(47)49/h4-16,23,31,33,43H,17-22,25-26H2,1-3H3/t33-/m0/s1. The summed E-state index contributed by atoms with van der Waals surface area (Å²) in [6.45, 7) is 9.45. The Morgan fingerprint density at radius 3 is 2.14 bits per heavy atom. The number of nitrogens with one attached hydrogen (secondary N) is 1. The number of piperazine rings is 1.